The molecule has 0 unspecified atom stereocenters. The molecule has 0 saturated carbocycles. The first-order valence-corrected chi connectivity index (χ1v) is 5.15. The molecule has 7 heteroatoms. The van der Waals surface area contributed by atoms with Crippen molar-refractivity contribution in [1.82, 2.24) is 20.1 Å². The first-order valence-electron chi connectivity index (χ1n) is 3.76. The molecule has 0 spiro atoms. The van der Waals surface area contributed by atoms with Crippen LogP contribution in [0.5, 0.6) is 0 Å². The monoisotopic (exact) mass is 217 g/mol. The van der Waals surface area contributed by atoms with Crippen molar-refractivity contribution >= 4 is 35.0 Å². The van der Waals surface area contributed by atoms with Crippen molar-refractivity contribution in [3.63, 3.8) is 0 Å². The van der Waals surface area contributed by atoms with Gasteiger partial charge in [-0.1, -0.05) is 18.7 Å². The number of aromatic nitrogens is 3. The molecule has 0 aromatic carbocycles. The summed E-state index contributed by atoms with van der Waals surface area (Å²) in [6.45, 7) is 2.03. The second-order valence-electron chi connectivity index (χ2n) is 2.15. The summed E-state index contributed by atoms with van der Waals surface area (Å²) >= 11 is 6.49. The predicted molar refractivity (Wildman–Crippen MR) is 57.9 cm³/mol. The molecule has 1 aromatic heterocycles. The van der Waals surface area contributed by atoms with Crippen LogP contribution < -0.4 is 11.1 Å². The SMILES string of the molecule is CCSc1nc(N)n(C(=S)NC)n1. The number of thioether (sulfide) groups is 1. The molecule has 3 N–H and O–H groups in total. The van der Waals surface area contributed by atoms with Gasteiger partial charge in [0.15, 0.2) is 5.11 Å². The van der Waals surface area contributed by atoms with Crippen LogP contribution in [0.4, 0.5) is 5.95 Å². The maximum absolute atomic E-state index is 5.60. The van der Waals surface area contributed by atoms with Crippen molar-refractivity contribution in [2.45, 2.75) is 12.1 Å². The van der Waals surface area contributed by atoms with Crippen LogP contribution in [0.1, 0.15) is 6.92 Å². The van der Waals surface area contributed by atoms with Crippen molar-refractivity contribution in [2.24, 2.45) is 0 Å². The lowest BCUT2D eigenvalue weighted by Crippen LogP contribution is -2.26. The van der Waals surface area contributed by atoms with Crippen molar-refractivity contribution in [1.29, 1.82) is 0 Å². The van der Waals surface area contributed by atoms with Crippen molar-refractivity contribution in [2.75, 3.05) is 18.5 Å². The van der Waals surface area contributed by atoms with Gasteiger partial charge in [0.25, 0.3) is 0 Å². The average molecular weight is 217 g/mol. The van der Waals surface area contributed by atoms with Gasteiger partial charge in [0, 0.05) is 7.05 Å². The summed E-state index contributed by atoms with van der Waals surface area (Å²) in [5.74, 6) is 1.23. The van der Waals surface area contributed by atoms with E-state index in [0.717, 1.165) is 5.75 Å². The molecule has 13 heavy (non-hydrogen) atoms. The molecule has 0 bridgehead atoms. The second-order valence-corrected chi connectivity index (χ2v) is 3.77. The highest BCUT2D eigenvalue weighted by molar-refractivity contribution is 7.99. The maximum atomic E-state index is 5.60. The number of nitrogen functional groups attached to an aromatic ring is 1. The summed E-state index contributed by atoms with van der Waals surface area (Å²) in [6, 6.07) is 0. The number of anilines is 1. The summed E-state index contributed by atoms with van der Waals surface area (Å²) in [5.41, 5.74) is 5.60. The van der Waals surface area contributed by atoms with Crippen LogP contribution in [0.2, 0.25) is 0 Å². The molecule has 1 heterocycles. The molecule has 72 valence electrons. The van der Waals surface area contributed by atoms with E-state index in [1.807, 2.05) is 6.92 Å². The Morgan fingerprint density at radius 2 is 2.46 bits per heavy atom. The van der Waals surface area contributed by atoms with E-state index in [2.05, 4.69) is 15.4 Å². The lowest BCUT2D eigenvalue weighted by molar-refractivity contribution is 0.862. The number of nitrogens with zero attached hydrogens (tertiary/aromatic N) is 3. The molecule has 0 amide bonds. The molecule has 5 nitrogen and oxygen atoms in total. The smallest absolute Gasteiger partial charge is 0.226 e. The number of nitrogens with one attached hydrogen (secondary N) is 1. The van der Waals surface area contributed by atoms with E-state index in [0.29, 0.717) is 16.2 Å². The first-order chi connectivity index (χ1) is 6.19. The molecular weight excluding hydrogens is 206 g/mol. The van der Waals surface area contributed by atoms with Gasteiger partial charge in [0.2, 0.25) is 11.1 Å². The second kappa shape index (κ2) is 4.43. The maximum Gasteiger partial charge on any atom is 0.226 e. The minimum Gasteiger partial charge on any atom is -0.368 e. The number of hydrogen-bond donors (Lipinski definition) is 2. The van der Waals surface area contributed by atoms with Gasteiger partial charge in [-0.2, -0.15) is 9.67 Å². The number of hydrogen-bond acceptors (Lipinski definition) is 5. The number of thiocarbonyl (C=S) groups is 1. The topological polar surface area (TPSA) is 68.8 Å². The van der Waals surface area contributed by atoms with Crippen molar-refractivity contribution in [3.05, 3.63) is 0 Å². The fraction of sp³-hybridized carbons (Fsp3) is 0.500. The highest BCUT2D eigenvalue weighted by Gasteiger charge is 2.08. The van der Waals surface area contributed by atoms with Crippen LogP contribution in [-0.2, 0) is 0 Å². The molecule has 0 aliphatic rings. The van der Waals surface area contributed by atoms with Crippen LogP contribution >= 0.6 is 24.0 Å². The highest BCUT2D eigenvalue weighted by Crippen LogP contribution is 2.13. The van der Waals surface area contributed by atoms with Gasteiger partial charge in [-0.3, -0.25) is 0 Å². The van der Waals surface area contributed by atoms with Gasteiger partial charge in [-0.05, 0) is 18.0 Å². The van der Waals surface area contributed by atoms with Gasteiger partial charge < -0.3 is 11.1 Å². The zero-order valence-electron chi connectivity index (χ0n) is 7.44. The number of rotatable bonds is 2. The van der Waals surface area contributed by atoms with E-state index in [1.54, 1.807) is 7.05 Å². The zero-order chi connectivity index (χ0) is 9.84. The van der Waals surface area contributed by atoms with E-state index in [-0.39, 0.29) is 0 Å². The minimum atomic E-state index is 0.315. The molecule has 1 aromatic rings. The van der Waals surface area contributed by atoms with E-state index >= 15 is 0 Å². The fourth-order valence-electron chi connectivity index (χ4n) is 0.750. The summed E-state index contributed by atoms with van der Waals surface area (Å²) in [6.07, 6.45) is 0. The van der Waals surface area contributed by atoms with Crippen LogP contribution in [0.15, 0.2) is 5.16 Å². The van der Waals surface area contributed by atoms with Crippen molar-refractivity contribution < 1.29 is 0 Å². The summed E-state index contributed by atoms with van der Waals surface area (Å²) < 4.78 is 1.41. The summed E-state index contributed by atoms with van der Waals surface area (Å²) in [7, 11) is 1.72. The van der Waals surface area contributed by atoms with E-state index in [1.165, 1.54) is 16.4 Å². The third-order valence-electron chi connectivity index (χ3n) is 1.29. The Balaban J connectivity index is 2.89. The van der Waals surface area contributed by atoms with E-state index in [4.69, 9.17) is 18.0 Å². The third kappa shape index (κ3) is 2.31. The molecule has 0 aliphatic heterocycles. The Morgan fingerprint density at radius 1 is 1.77 bits per heavy atom. The Bertz CT molecular complexity index is 308. The first kappa shape index (κ1) is 10.3. The Kier molecular flexibility index (Phi) is 3.49. The van der Waals surface area contributed by atoms with Gasteiger partial charge >= 0.3 is 0 Å². The van der Waals surface area contributed by atoms with E-state index < -0.39 is 0 Å². The zero-order valence-corrected chi connectivity index (χ0v) is 9.08. The minimum absolute atomic E-state index is 0.315. The van der Waals surface area contributed by atoms with Gasteiger partial charge in [-0.25, -0.2) is 0 Å². The van der Waals surface area contributed by atoms with E-state index in [9.17, 15) is 0 Å². The van der Waals surface area contributed by atoms with Crippen LogP contribution in [0.25, 0.3) is 0 Å². The molecular formula is C6H11N5S2. The molecule has 0 radical (unpaired) electrons. The molecule has 1 rings (SSSR count). The Morgan fingerprint density at radius 3 is 3.00 bits per heavy atom. The normalized spacial score (nSPS) is 10.0. The fourth-order valence-corrected chi connectivity index (χ4v) is 1.44. The number of nitrogens with two attached hydrogens (primary N) is 1. The molecule has 0 saturated heterocycles. The molecule has 0 fully saturated rings. The van der Waals surface area contributed by atoms with Gasteiger partial charge in [0.05, 0.1) is 0 Å². The predicted octanol–water partition coefficient (Wildman–Crippen LogP) is 0.325. The summed E-state index contributed by atoms with van der Waals surface area (Å²) in [5, 5.41) is 7.99. The molecule has 0 aliphatic carbocycles. The van der Waals surface area contributed by atoms with Gasteiger partial charge in [0.1, 0.15) is 0 Å². The van der Waals surface area contributed by atoms with Crippen LogP contribution in [0.3, 0.4) is 0 Å². The Labute approximate surface area is 86.1 Å². The highest BCUT2D eigenvalue weighted by atomic mass is 32.2. The Hall–Kier alpha value is -0.820. The molecule has 0 atom stereocenters. The lowest BCUT2D eigenvalue weighted by atomic mass is 10.9. The van der Waals surface area contributed by atoms with Crippen LogP contribution in [-0.4, -0.2) is 32.7 Å². The standard InChI is InChI=1S/C6H11N5S2/c1-3-13-5-9-4(7)11(10-5)6(12)8-2/h3H2,1-2H3,(H,8,12)(H2,7,9,10). The largest absolute Gasteiger partial charge is 0.368 e. The van der Waals surface area contributed by atoms with Crippen molar-refractivity contribution in [3.8, 4) is 0 Å². The average Bonchev–Trinajstić information content (AvgIpc) is 2.46. The quantitative estimate of drug-likeness (QED) is 0.549. The van der Waals surface area contributed by atoms with Gasteiger partial charge in [-0.15, -0.1) is 5.10 Å². The van der Waals surface area contributed by atoms with Crippen LogP contribution in [0, 0.1) is 0 Å². The summed E-state index contributed by atoms with van der Waals surface area (Å²) in [4.78, 5) is 4.03. The lowest BCUT2D eigenvalue weighted by Gasteiger charge is -2.01. The third-order valence-corrected chi connectivity index (χ3v) is 2.39.